The molecule has 0 unspecified atom stereocenters. The van der Waals surface area contributed by atoms with E-state index in [9.17, 15) is 0 Å². The van der Waals surface area contributed by atoms with E-state index in [0.29, 0.717) is 11.3 Å². The molecule has 0 aliphatic rings. The van der Waals surface area contributed by atoms with Gasteiger partial charge in [-0.15, -0.1) is 0 Å². The lowest BCUT2D eigenvalue weighted by Crippen LogP contribution is -2.02. The van der Waals surface area contributed by atoms with Crippen LogP contribution in [0.15, 0.2) is 48.4 Å². The third kappa shape index (κ3) is 3.23. The van der Waals surface area contributed by atoms with E-state index in [0.717, 1.165) is 5.69 Å². The summed E-state index contributed by atoms with van der Waals surface area (Å²) >= 11 is 0. The average molecular weight is 311 g/mol. The lowest BCUT2D eigenvalue weighted by molar-refractivity contribution is 0.215. The minimum atomic E-state index is 0.245. The van der Waals surface area contributed by atoms with Crippen LogP contribution < -0.4 is 10.5 Å². The van der Waals surface area contributed by atoms with Gasteiger partial charge >= 0.3 is 0 Å². The SMILES string of the molecule is CON=Cc1c(N)ncnc1Oc1ccc(-n2cncn2)cc1. The van der Waals surface area contributed by atoms with Crippen LogP contribution >= 0.6 is 0 Å². The fourth-order valence-corrected chi connectivity index (χ4v) is 1.82. The minimum absolute atomic E-state index is 0.245. The largest absolute Gasteiger partial charge is 0.438 e. The summed E-state index contributed by atoms with van der Waals surface area (Å²) in [5.74, 6) is 1.11. The summed E-state index contributed by atoms with van der Waals surface area (Å²) in [6.45, 7) is 0. The number of anilines is 1. The topological polar surface area (TPSA) is 113 Å². The zero-order valence-electron chi connectivity index (χ0n) is 12.2. The van der Waals surface area contributed by atoms with Crippen molar-refractivity contribution >= 4 is 12.0 Å². The molecule has 9 nitrogen and oxygen atoms in total. The summed E-state index contributed by atoms with van der Waals surface area (Å²) in [5.41, 5.74) is 7.11. The third-order valence-electron chi connectivity index (χ3n) is 2.90. The Labute approximate surface area is 131 Å². The molecule has 116 valence electrons. The zero-order valence-corrected chi connectivity index (χ0v) is 12.2. The van der Waals surface area contributed by atoms with Gasteiger partial charge in [0.1, 0.15) is 43.2 Å². The first-order chi connectivity index (χ1) is 11.3. The van der Waals surface area contributed by atoms with Gasteiger partial charge in [0.2, 0.25) is 5.88 Å². The molecule has 2 aromatic heterocycles. The first-order valence-electron chi connectivity index (χ1n) is 6.58. The second kappa shape index (κ2) is 6.52. The normalized spacial score (nSPS) is 10.8. The number of nitrogens with zero attached hydrogens (tertiary/aromatic N) is 6. The average Bonchev–Trinajstić information content (AvgIpc) is 3.10. The maximum absolute atomic E-state index is 5.81. The van der Waals surface area contributed by atoms with Gasteiger partial charge in [0.05, 0.1) is 11.9 Å². The lowest BCUT2D eigenvalue weighted by atomic mass is 10.3. The molecule has 9 heteroatoms. The van der Waals surface area contributed by atoms with Gasteiger partial charge in [-0.05, 0) is 24.3 Å². The molecule has 0 spiro atoms. The highest BCUT2D eigenvalue weighted by atomic mass is 16.6. The van der Waals surface area contributed by atoms with E-state index in [1.165, 1.54) is 26.0 Å². The van der Waals surface area contributed by atoms with E-state index in [2.05, 4.69) is 30.0 Å². The molecule has 0 aliphatic heterocycles. The van der Waals surface area contributed by atoms with Crippen LogP contribution in [0.4, 0.5) is 5.82 Å². The number of oxime groups is 1. The summed E-state index contributed by atoms with van der Waals surface area (Å²) in [5, 5.41) is 7.73. The van der Waals surface area contributed by atoms with Gasteiger partial charge in [-0.3, -0.25) is 0 Å². The van der Waals surface area contributed by atoms with Gasteiger partial charge in [0, 0.05) is 0 Å². The predicted octanol–water partition coefficient (Wildman–Crippen LogP) is 1.41. The molecule has 0 radical (unpaired) electrons. The predicted molar refractivity (Wildman–Crippen MR) is 82.5 cm³/mol. The molecule has 3 aromatic rings. The number of rotatable bonds is 5. The molecule has 3 rings (SSSR count). The summed E-state index contributed by atoms with van der Waals surface area (Å²) < 4.78 is 7.38. The first-order valence-corrected chi connectivity index (χ1v) is 6.58. The fraction of sp³-hybridized carbons (Fsp3) is 0.0714. The number of hydrogen-bond donors (Lipinski definition) is 1. The molecular formula is C14H13N7O2. The molecule has 2 heterocycles. The van der Waals surface area contributed by atoms with Crippen LogP contribution in [0.5, 0.6) is 11.6 Å². The van der Waals surface area contributed by atoms with Gasteiger partial charge in [0.15, 0.2) is 0 Å². The van der Waals surface area contributed by atoms with Gasteiger partial charge < -0.3 is 15.3 Å². The van der Waals surface area contributed by atoms with Crippen LogP contribution in [-0.2, 0) is 4.84 Å². The van der Waals surface area contributed by atoms with Crippen molar-refractivity contribution in [2.75, 3.05) is 12.8 Å². The number of ether oxygens (including phenoxy) is 1. The second-order valence-electron chi connectivity index (χ2n) is 4.33. The van der Waals surface area contributed by atoms with E-state index in [-0.39, 0.29) is 11.7 Å². The fourth-order valence-electron chi connectivity index (χ4n) is 1.82. The maximum Gasteiger partial charge on any atom is 0.233 e. The van der Waals surface area contributed by atoms with E-state index in [1.807, 2.05) is 12.1 Å². The van der Waals surface area contributed by atoms with Crippen LogP contribution in [0.25, 0.3) is 5.69 Å². The van der Waals surface area contributed by atoms with Crippen LogP contribution in [0.2, 0.25) is 0 Å². The van der Waals surface area contributed by atoms with Crippen molar-refractivity contribution in [3.8, 4) is 17.3 Å². The lowest BCUT2D eigenvalue weighted by Gasteiger charge is -2.09. The van der Waals surface area contributed by atoms with E-state index in [1.54, 1.807) is 23.1 Å². The summed E-state index contributed by atoms with van der Waals surface area (Å²) in [7, 11) is 1.43. The van der Waals surface area contributed by atoms with E-state index in [4.69, 9.17) is 10.5 Å². The van der Waals surface area contributed by atoms with Gasteiger partial charge in [-0.25, -0.2) is 19.6 Å². The zero-order chi connectivity index (χ0) is 16.1. The standard InChI is InChI=1S/C14H13N7O2/c1-22-20-6-12-13(15)17-8-18-14(12)23-11-4-2-10(3-5-11)21-9-16-7-19-21/h2-9H,1H3,(H2,15,17,18). The van der Waals surface area contributed by atoms with Crippen LogP contribution in [0, 0.1) is 0 Å². The summed E-state index contributed by atoms with van der Waals surface area (Å²) in [4.78, 5) is 16.5. The van der Waals surface area contributed by atoms with Gasteiger partial charge in [0.25, 0.3) is 0 Å². The molecule has 0 saturated heterocycles. The molecular weight excluding hydrogens is 298 g/mol. The van der Waals surface area contributed by atoms with Gasteiger partial charge in [-0.2, -0.15) is 5.10 Å². The number of nitrogens with two attached hydrogens (primary N) is 1. The van der Waals surface area contributed by atoms with Crippen LogP contribution in [0.1, 0.15) is 5.56 Å². The Bertz CT molecular complexity index is 801. The highest BCUT2D eigenvalue weighted by Crippen LogP contribution is 2.25. The number of aromatic nitrogens is 5. The van der Waals surface area contributed by atoms with Crippen molar-refractivity contribution in [3.05, 3.63) is 48.8 Å². The highest BCUT2D eigenvalue weighted by Gasteiger charge is 2.10. The van der Waals surface area contributed by atoms with E-state index < -0.39 is 0 Å². The smallest absolute Gasteiger partial charge is 0.233 e. The van der Waals surface area contributed by atoms with Crippen molar-refractivity contribution in [1.82, 2.24) is 24.7 Å². The van der Waals surface area contributed by atoms with Crippen molar-refractivity contribution < 1.29 is 9.57 Å². The quantitative estimate of drug-likeness (QED) is 0.559. The Balaban J connectivity index is 1.85. The van der Waals surface area contributed by atoms with E-state index >= 15 is 0 Å². The Kier molecular flexibility index (Phi) is 4.09. The Morgan fingerprint density at radius 1 is 1.17 bits per heavy atom. The van der Waals surface area contributed by atoms with Crippen LogP contribution in [0.3, 0.4) is 0 Å². The molecule has 0 fully saturated rings. The molecule has 0 atom stereocenters. The van der Waals surface area contributed by atoms with Gasteiger partial charge in [-0.1, -0.05) is 5.16 Å². The highest BCUT2D eigenvalue weighted by molar-refractivity contribution is 5.88. The second-order valence-corrected chi connectivity index (χ2v) is 4.33. The Morgan fingerprint density at radius 2 is 2.00 bits per heavy atom. The Hall–Kier alpha value is -3.49. The molecule has 0 aliphatic carbocycles. The number of nitrogen functional groups attached to an aromatic ring is 1. The number of benzene rings is 1. The van der Waals surface area contributed by atoms with Crippen molar-refractivity contribution in [2.24, 2.45) is 5.16 Å². The summed E-state index contributed by atoms with van der Waals surface area (Å²) in [6.07, 6.45) is 5.79. The Morgan fingerprint density at radius 3 is 2.70 bits per heavy atom. The van der Waals surface area contributed by atoms with Crippen molar-refractivity contribution in [1.29, 1.82) is 0 Å². The molecule has 23 heavy (non-hydrogen) atoms. The molecule has 0 saturated carbocycles. The van der Waals surface area contributed by atoms with Crippen LogP contribution in [-0.4, -0.2) is 38.1 Å². The van der Waals surface area contributed by atoms with Crippen molar-refractivity contribution in [3.63, 3.8) is 0 Å². The van der Waals surface area contributed by atoms with Crippen molar-refractivity contribution in [2.45, 2.75) is 0 Å². The molecule has 1 aromatic carbocycles. The first kappa shape index (κ1) is 14.4. The number of hydrogen-bond acceptors (Lipinski definition) is 8. The maximum atomic E-state index is 5.81. The molecule has 0 bridgehead atoms. The molecule has 2 N–H and O–H groups in total. The minimum Gasteiger partial charge on any atom is -0.438 e. The monoisotopic (exact) mass is 311 g/mol. The summed E-state index contributed by atoms with van der Waals surface area (Å²) in [6, 6.07) is 7.26. The third-order valence-corrected chi connectivity index (χ3v) is 2.90. The molecule has 0 amide bonds.